The highest BCUT2D eigenvalue weighted by Crippen LogP contribution is 2.16. The number of piperidine rings is 1. The van der Waals surface area contributed by atoms with Crippen molar-refractivity contribution < 1.29 is 4.79 Å². The molecule has 1 fully saturated rings. The molecule has 3 aromatic rings. The largest absolute Gasteiger partial charge is 0.345 e. The van der Waals surface area contributed by atoms with Crippen molar-refractivity contribution in [3.8, 4) is 0 Å². The molecule has 1 aliphatic rings. The van der Waals surface area contributed by atoms with E-state index < -0.39 is 0 Å². The first-order valence-corrected chi connectivity index (χ1v) is 10.7. The zero-order valence-corrected chi connectivity index (χ0v) is 17.6. The van der Waals surface area contributed by atoms with Crippen LogP contribution in [0.15, 0.2) is 41.3 Å². The number of imidazole rings is 1. The monoisotopic (exact) mass is 407 g/mol. The van der Waals surface area contributed by atoms with E-state index in [0.29, 0.717) is 18.0 Å². The van der Waals surface area contributed by atoms with Gasteiger partial charge in [-0.2, -0.15) is 0 Å². The maximum Gasteiger partial charge on any atom is 0.263 e. The molecule has 7 nitrogen and oxygen atoms in total. The van der Waals surface area contributed by atoms with Gasteiger partial charge in [0.2, 0.25) is 0 Å². The van der Waals surface area contributed by atoms with Crippen LogP contribution in [0.5, 0.6) is 0 Å². The zero-order chi connectivity index (χ0) is 21.1. The fraction of sp³-hybridized carbons (Fsp3) is 0.435. The standard InChI is InChI=1S/C23H29N5O2/c1-3-28-19-9-5-4-8-18(19)26-20(28)14-25-22(29)21-16(2)10-12-27(23(21)30)15-17-7-6-11-24-13-17/h4-5,8-10,12,17,24H,3,6-7,11,13-15H2,1-2H3,(H,25,29). The molecular weight excluding hydrogens is 378 g/mol. The van der Waals surface area contributed by atoms with Crippen molar-refractivity contribution >= 4 is 16.9 Å². The van der Waals surface area contributed by atoms with E-state index in [9.17, 15) is 9.59 Å². The number of amides is 1. The Morgan fingerprint density at radius 2 is 2.13 bits per heavy atom. The summed E-state index contributed by atoms with van der Waals surface area (Å²) >= 11 is 0. The second-order valence-corrected chi connectivity index (χ2v) is 7.99. The number of fused-ring (bicyclic) bond motifs is 1. The Kier molecular flexibility index (Phi) is 5.99. The molecule has 0 radical (unpaired) electrons. The molecule has 1 unspecified atom stereocenters. The van der Waals surface area contributed by atoms with Crippen LogP contribution in [0.25, 0.3) is 11.0 Å². The van der Waals surface area contributed by atoms with E-state index in [-0.39, 0.29) is 23.6 Å². The average Bonchev–Trinajstić information content (AvgIpc) is 3.12. The molecular formula is C23H29N5O2. The molecule has 0 bridgehead atoms. The number of para-hydroxylation sites is 2. The molecule has 1 aliphatic heterocycles. The summed E-state index contributed by atoms with van der Waals surface area (Å²) < 4.78 is 3.77. The van der Waals surface area contributed by atoms with Gasteiger partial charge >= 0.3 is 0 Å². The molecule has 1 saturated heterocycles. The van der Waals surface area contributed by atoms with Crippen molar-refractivity contribution in [1.82, 2.24) is 24.8 Å². The Bertz CT molecular complexity index is 1110. The number of nitrogens with one attached hydrogen (secondary N) is 2. The van der Waals surface area contributed by atoms with Gasteiger partial charge in [-0.3, -0.25) is 9.59 Å². The van der Waals surface area contributed by atoms with Gasteiger partial charge in [-0.15, -0.1) is 0 Å². The number of pyridine rings is 1. The summed E-state index contributed by atoms with van der Waals surface area (Å²) in [6, 6.07) is 9.78. The van der Waals surface area contributed by atoms with Crippen molar-refractivity contribution in [1.29, 1.82) is 0 Å². The summed E-state index contributed by atoms with van der Waals surface area (Å²) in [5.41, 5.74) is 2.65. The Balaban J connectivity index is 1.53. The number of hydrogen-bond acceptors (Lipinski definition) is 4. The van der Waals surface area contributed by atoms with Crippen LogP contribution in [-0.4, -0.2) is 33.1 Å². The molecule has 30 heavy (non-hydrogen) atoms. The molecule has 2 aromatic heterocycles. The van der Waals surface area contributed by atoms with Crippen LogP contribution < -0.4 is 16.2 Å². The summed E-state index contributed by atoms with van der Waals surface area (Å²) in [6.07, 6.45) is 4.03. The van der Waals surface area contributed by atoms with Crippen molar-refractivity contribution in [3.05, 3.63) is 63.8 Å². The highest BCUT2D eigenvalue weighted by molar-refractivity contribution is 5.95. The number of nitrogens with zero attached hydrogens (tertiary/aromatic N) is 3. The van der Waals surface area contributed by atoms with E-state index >= 15 is 0 Å². The maximum absolute atomic E-state index is 13.0. The molecule has 2 N–H and O–H groups in total. The van der Waals surface area contributed by atoms with Gasteiger partial charge in [-0.25, -0.2) is 4.98 Å². The van der Waals surface area contributed by atoms with Crippen LogP contribution in [0, 0.1) is 12.8 Å². The minimum absolute atomic E-state index is 0.220. The van der Waals surface area contributed by atoms with Crippen LogP contribution in [0.4, 0.5) is 0 Å². The van der Waals surface area contributed by atoms with Crippen LogP contribution in [0.1, 0.15) is 41.5 Å². The summed E-state index contributed by atoms with van der Waals surface area (Å²) in [4.78, 5) is 30.6. The van der Waals surface area contributed by atoms with Gasteiger partial charge in [0.25, 0.3) is 11.5 Å². The molecule has 4 rings (SSSR count). The number of carbonyl (C=O) groups is 1. The van der Waals surface area contributed by atoms with Gasteiger partial charge in [0, 0.05) is 19.3 Å². The quantitative estimate of drug-likeness (QED) is 0.658. The number of rotatable bonds is 6. The Morgan fingerprint density at radius 1 is 1.30 bits per heavy atom. The maximum atomic E-state index is 13.0. The van der Waals surface area contributed by atoms with Gasteiger partial charge < -0.3 is 19.8 Å². The van der Waals surface area contributed by atoms with Crippen LogP contribution in [0.3, 0.4) is 0 Å². The van der Waals surface area contributed by atoms with Crippen LogP contribution in [-0.2, 0) is 19.6 Å². The highest BCUT2D eigenvalue weighted by Gasteiger charge is 2.19. The number of aromatic nitrogens is 3. The second-order valence-electron chi connectivity index (χ2n) is 7.99. The van der Waals surface area contributed by atoms with Crippen molar-refractivity contribution in [3.63, 3.8) is 0 Å². The topological polar surface area (TPSA) is 81.0 Å². The first kappa shape index (κ1) is 20.3. The minimum Gasteiger partial charge on any atom is -0.345 e. The van der Waals surface area contributed by atoms with Gasteiger partial charge in [-0.1, -0.05) is 12.1 Å². The van der Waals surface area contributed by atoms with E-state index in [0.717, 1.165) is 49.3 Å². The summed E-state index contributed by atoms with van der Waals surface area (Å²) in [7, 11) is 0. The van der Waals surface area contributed by atoms with Gasteiger partial charge in [0.15, 0.2) is 0 Å². The highest BCUT2D eigenvalue weighted by atomic mass is 16.2. The first-order valence-electron chi connectivity index (χ1n) is 10.7. The Hall–Kier alpha value is -2.93. The number of benzene rings is 1. The lowest BCUT2D eigenvalue weighted by molar-refractivity contribution is 0.0946. The molecule has 0 aliphatic carbocycles. The number of aryl methyl sites for hydroxylation is 2. The van der Waals surface area contributed by atoms with Crippen molar-refractivity contribution in [2.24, 2.45) is 5.92 Å². The van der Waals surface area contributed by atoms with E-state index in [4.69, 9.17) is 0 Å². The predicted molar refractivity (Wildman–Crippen MR) is 118 cm³/mol. The van der Waals surface area contributed by atoms with E-state index in [1.54, 1.807) is 10.8 Å². The van der Waals surface area contributed by atoms with Crippen LogP contribution in [0.2, 0.25) is 0 Å². The number of carbonyl (C=O) groups excluding carboxylic acids is 1. The van der Waals surface area contributed by atoms with Crippen molar-refractivity contribution in [2.45, 2.75) is 46.3 Å². The summed E-state index contributed by atoms with van der Waals surface area (Å²) in [6.45, 7) is 7.49. The van der Waals surface area contributed by atoms with E-state index in [1.807, 2.05) is 37.3 Å². The lowest BCUT2D eigenvalue weighted by Crippen LogP contribution is -2.38. The molecule has 7 heteroatoms. The van der Waals surface area contributed by atoms with Gasteiger partial charge in [-0.05, 0) is 69.5 Å². The summed E-state index contributed by atoms with van der Waals surface area (Å²) in [5, 5.41) is 6.30. The lowest BCUT2D eigenvalue weighted by atomic mass is 9.99. The molecule has 1 atom stereocenters. The third-order valence-electron chi connectivity index (χ3n) is 5.91. The van der Waals surface area contributed by atoms with Gasteiger partial charge in [0.05, 0.1) is 17.6 Å². The van der Waals surface area contributed by atoms with Gasteiger partial charge in [0.1, 0.15) is 11.4 Å². The molecule has 158 valence electrons. The van der Waals surface area contributed by atoms with E-state index in [1.165, 1.54) is 0 Å². The van der Waals surface area contributed by atoms with Crippen LogP contribution >= 0.6 is 0 Å². The first-order chi connectivity index (χ1) is 14.6. The fourth-order valence-electron chi connectivity index (χ4n) is 4.30. The average molecular weight is 408 g/mol. The molecule has 3 heterocycles. The smallest absolute Gasteiger partial charge is 0.263 e. The fourth-order valence-corrected chi connectivity index (χ4v) is 4.30. The molecule has 0 saturated carbocycles. The SMILES string of the molecule is CCn1c(CNC(=O)c2c(C)ccn(CC3CCCNC3)c2=O)nc2ccccc21. The molecule has 0 spiro atoms. The minimum atomic E-state index is -0.344. The Labute approximate surface area is 176 Å². The zero-order valence-electron chi connectivity index (χ0n) is 17.6. The normalized spacial score (nSPS) is 16.7. The predicted octanol–water partition coefficient (Wildman–Crippen LogP) is 2.46. The second kappa shape index (κ2) is 8.83. The molecule has 1 amide bonds. The Morgan fingerprint density at radius 3 is 2.90 bits per heavy atom. The lowest BCUT2D eigenvalue weighted by Gasteiger charge is -2.23. The summed E-state index contributed by atoms with van der Waals surface area (Å²) in [5.74, 6) is 0.858. The number of hydrogen-bond donors (Lipinski definition) is 2. The molecule has 1 aromatic carbocycles. The van der Waals surface area contributed by atoms with E-state index in [2.05, 4.69) is 27.1 Å². The van der Waals surface area contributed by atoms with Crippen molar-refractivity contribution in [2.75, 3.05) is 13.1 Å². The third-order valence-corrected chi connectivity index (χ3v) is 5.91. The third kappa shape index (κ3) is 4.03.